The van der Waals surface area contributed by atoms with Crippen LogP contribution < -0.4 is 4.74 Å². The molecule has 0 aliphatic carbocycles. The normalized spacial score (nSPS) is 16.2. The standard InChI is InChI=1S/C23H21F3N4O2/c1-13-8-17(9-14(2)28-13)21-19-6-7-31-15(3)12-30(19)22(29-21)16-4-5-20(18(10-16)11-27)32-23(24,25)26/h4-5,8-10,15H,6-7,12H2,1-3H3/t15-/m1/s1. The number of imidazole rings is 1. The van der Waals surface area contributed by atoms with Crippen LogP contribution in [-0.2, 0) is 17.7 Å². The first kappa shape index (κ1) is 21.8. The van der Waals surface area contributed by atoms with Gasteiger partial charge in [-0.1, -0.05) is 0 Å². The fraction of sp³-hybridized carbons (Fsp3) is 0.348. The van der Waals surface area contributed by atoms with E-state index in [1.807, 2.05) is 37.5 Å². The Morgan fingerprint density at radius 1 is 1.12 bits per heavy atom. The summed E-state index contributed by atoms with van der Waals surface area (Å²) in [5.74, 6) is 0.0261. The van der Waals surface area contributed by atoms with E-state index in [0.717, 1.165) is 34.4 Å². The number of hydrogen-bond acceptors (Lipinski definition) is 5. The van der Waals surface area contributed by atoms with Gasteiger partial charge < -0.3 is 14.0 Å². The van der Waals surface area contributed by atoms with Crippen molar-refractivity contribution in [1.82, 2.24) is 14.5 Å². The van der Waals surface area contributed by atoms with Crippen LogP contribution >= 0.6 is 0 Å². The monoisotopic (exact) mass is 442 g/mol. The van der Waals surface area contributed by atoms with Gasteiger partial charge in [0, 0.05) is 34.6 Å². The number of pyridine rings is 1. The molecule has 0 spiro atoms. The molecule has 1 aliphatic heterocycles. The van der Waals surface area contributed by atoms with E-state index in [-0.39, 0.29) is 11.7 Å². The lowest BCUT2D eigenvalue weighted by molar-refractivity contribution is -0.274. The molecule has 1 aromatic carbocycles. The molecule has 0 bridgehead atoms. The highest BCUT2D eigenvalue weighted by Crippen LogP contribution is 2.35. The Labute approximate surface area is 183 Å². The number of fused-ring (bicyclic) bond motifs is 1. The fourth-order valence-corrected chi connectivity index (χ4v) is 4.00. The number of halogens is 3. The van der Waals surface area contributed by atoms with Crippen molar-refractivity contribution >= 4 is 0 Å². The zero-order valence-corrected chi connectivity index (χ0v) is 17.8. The average Bonchev–Trinajstić information content (AvgIpc) is 2.93. The largest absolute Gasteiger partial charge is 0.573 e. The van der Waals surface area contributed by atoms with Crippen molar-refractivity contribution in [1.29, 1.82) is 5.26 Å². The minimum atomic E-state index is -4.88. The highest BCUT2D eigenvalue weighted by atomic mass is 19.4. The molecule has 2 aromatic heterocycles. The molecular weight excluding hydrogens is 421 g/mol. The minimum absolute atomic E-state index is 0.0683. The molecule has 0 amide bonds. The second-order valence-corrected chi connectivity index (χ2v) is 7.78. The third-order valence-electron chi connectivity index (χ3n) is 5.19. The van der Waals surface area contributed by atoms with E-state index in [0.29, 0.717) is 31.0 Å². The molecule has 0 unspecified atom stereocenters. The minimum Gasteiger partial charge on any atom is -0.404 e. The van der Waals surface area contributed by atoms with Crippen LogP contribution in [-0.4, -0.2) is 33.6 Å². The lowest BCUT2D eigenvalue weighted by Gasteiger charge is -2.14. The number of nitriles is 1. The van der Waals surface area contributed by atoms with Gasteiger partial charge in [-0.3, -0.25) is 4.98 Å². The molecule has 0 N–H and O–H groups in total. The van der Waals surface area contributed by atoms with Crippen LogP contribution in [0.1, 0.15) is 29.6 Å². The molecular formula is C23H21F3N4O2. The van der Waals surface area contributed by atoms with Gasteiger partial charge in [0.2, 0.25) is 0 Å². The maximum atomic E-state index is 12.7. The van der Waals surface area contributed by atoms with E-state index in [1.54, 1.807) is 6.07 Å². The predicted molar refractivity (Wildman–Crippen MR) is 111 cm³/mol. The van der Waals surface area contributed by atoms with Gasteiger partial charge in [-0.05, 0) is 51.1 Å². The van der Waals surface area contributed by atoms with Crippen molar-refractivity contribution < 1.29 is 22.6 Å². The first-order valence-corrected chi connectivity index (χ1v) is 10.1. The summed E-state index contributed by atoms with van der Waals surface area (Å²) in [6.07, 6.45) is -4.32. The van der Waals surface area contributed by atoms with Gasteiger partial charge in [-0.25, -0.2) is 4.98 Å². The van der Waals surface area contributed by atoms with Gasteiger partial charge in [0.25, 0.3) is 0 Å². The molecule has 32 heavy (non-hydrogen) atoms. The number of aromatic nitrogens is 3. The summed E-state index contributed by atoms with van der Waals surface area (Å²) in [6.45, 7) is 6.85. The third-order valence-corrected chi connectivity index (χ3v) is 5.19. The summed E-state index contributed by atoms with van der Waals surface area (Å²) in [4.78, 5) is 9.31. The van der Waals surface area contributed by atoms with E-state index < -0.39 is 12.1 Å². The number of alkyl halides is 3. The van der Waals surface area contributed by atoms with Crippen LogP contribution in [0.4, 0.5) is 13.2 Å². The smallest absolute Gasteiger partial charge is 0.404 e. The van der Waals surface area contributed by atoms with Crippen LogP contribution in [0.15, 0.2) is 30.3 Å². The highest BCUT2D eigenvalue weighted by molar-refractivity contribution is 5.70. The van der Waals surface area contributed by atoms with E-state index >= 15 is 0 Å². The molecule has 1 atom stereocenters. The van der Waals surface area contributed by atoms with Crippen molar-refractivity contribution in [3.8, 4) is 34.5 Å². The Kier molecular flexibility index (Phi) is 5.65. The third kappa shape index (κ3) is 4.46. The molecule has 0 fully saturated rings. The molecule has 6 nitrogen and oxygen atoms in total. The summed E-state index contributed by atoms with van der Waals surface area (Å²) in [6, 6.07) is 9.71. The fourth-order valence-electron chi connectivity index (χ4n) is 4.00. The molecule has 0 saturated heterocycles. The molecule has 0 radical (unpaired) electrons. The maximum Gasteiger partial charge on any atom is 0.573 e. The molecule has 166 valence electrons. The first-order valence-electron chi connectivity index (χ1n) is 10.1. The molecule has 0 saturated carbocycles. The molecule has 9 heteroatoms. The van der Waals surface area contributed by atoms with Crippen LogP contribution in [0.3, 0.4) is 0 Å². The van der Waals surface area contributed by atoms with Crippen LogP contribution in [0.5, 0.6) is 5.75 Å². The zero-order valence-electron chi connectivity index (χ0n) is 17.8. The Balaban J connectivity index is 1.88. The average molecular weight is 442 g/mol. The molecule has 1 aliphatic rings. The Bertz CT molecular complexity index is 1190. The topological polar surface area (TPSA) is 73.0 Å². The first-order chi connectivity index (χ1) is 15.1. The van der Waals surface area contributed by atoms with Crippen molar-refractivity contribution in [2.75, 3.05) is 6.61 Å². The van der Waals surface area contributed by atoms with Crippen molar-refractivity contribution in [2.24, 2.45) is 0 Å². The van der Waals surface area contributed by atoms with Crippen molar-refractivity contribution in [2.45, 2.75) is 46.2 Å². The lowest BCUT2D eigenvalue weighted by atomic mass is 10.1. The van der Waals surface area contributed by atoms with Gasteiger partial charge in [0.1, 0.15) is 17.6 Å². The Morgan fingerprint density at radius 2 is 1.84 bits per heavy atom. The summed E-state index contributed by atoms with van der Waals surface area (Å²) in [7, 11) is 0. The summed E-state index contributed by atoms with van der Waals surface area (Å²) < 4.78 is 49.9. The number of nitrogens with zero attached hydrogens (tertiary/aromatic N) is 4. The zero-order chi connectivity index (χ0) is 23.0. The van der Waals surface area contributed by atoms with Gasteiger partial charge in [-0.15, -0.1) is 13.2 Å². The summed E-state index contributed by atoms with van der Waals surface area (Å²) in [5.41, 5.74) is 4.71. The van der Waals surface area contributed by atoms with E-state index in [1.165, 1.54) is 12.1 Å². The molecule has 3 aromatic rings. The van der Waals surface area contributed by atoms with Crippen molar-refractivity contribution in [3.05, 3.63) is 53.0 Å². The number of aryl methyl sites for hydroxylation is 2. The molecule has 4 rings (SSSR count). The molecule has 3 heterocycles. The number of benzene rings is 1. The van der Waals surface area contributed by atoms with Crippen LogP contribution in [0, 0.1) is 25.2 Å². The summed E-state index contributed by atoms with van der Waals surface area (Å²) >= 11 is 0. The van der Waals surface area contributed by atoms with Crippen molar-refractivity contribution in [3.63, 3.8) is 0 Å². The van der Waals surface area contributed by atoms with Crippen LogP contribution in [0.2, 0.25) is 0 Å². The van der Waals surface area contributed by atoms with Gasteiger partial charge in [0.15, 0.2) is 0 Å². The second kappa shape index (κ2) is 8.28. The Morgan fingerprint density at radius 3 is 2.50 bits per heavy atom. The summed E-state index contributed by atoms with van der Waals surface area (Å²) in [5, 5.41) is 9.40. The van der Waals surface area contributed by atoms with E-state index in [2.05, 4.69) is 9.72 Å². The lowest BCUT2D eigenvalue weighted by Crippen LogP contribution is -2.18. The SMILES string of the molecule is Cc1cc(-c2nc(-c3ccc(OC(F)(F)F)c(C#N)c3)n3c2CCO[C@H](C)C3)cc(C)n1. The Hall–Kier alpha value is -3.38. The van der Waals surface area contributed by atoms with Gasteiger partial charge in [-0.2, -0.15) is 5.26 Å². The predicted octanol–water partition coefficient (Wildman–Crippen LogP) is 4.96. The van der Waals surface area contributed by atoms with Gasteiger partial charge >= 0.3 is 6.36 Å². The second-order valence-electron chi connectivity index (χ2n) is 7.78. The van der Waals surface area contributed by atoms with Crippen LogP contribution in [0.25, 0.3) is 22.6 Å². The quantitative estimate of drug-likeness (QED) is 0.573. The van der Waals surface area contributed by atoms with Gasteiger partial charge in [0.05, 0.1) is 30.5 Å². The maximum absolute atomic E-state index is 12.7. The number of rotatable bonds is 3. The number of ether oxygens (including phenoxy) is 2. The number of hydrogen-bond donors (Lipinski definition) is 0. The van der Waals surface area contributed by atoms with E-state index in [9.17, 15) is 18.4 Å². The highest BCUT2D eigenvalue weighted by Gasteiger charge is 2.32. The van der Waals surface area contributed by atoms with E-state index in [4.69, 9.17) is 9.72 Å².